The van der Waals surface area contributed by atoms with E-state index in [1.165, 1.54) is 5.56 Å². The zero-order valence-electron chi connectivity index (χ0n) is 19.2. The second-order valence-electron chi connectivity index (χ2n) is 8.00. The molecule has 0 saturated carbocycles. The Labute approximate surface area is 206 Å². The summed E-state index contributed by atoms with van der Waals surface area (Å²) in [6, 6.07) is 4.43. The molecule has 32 heavy (non-hydrogen) atoms. The molecule has 2 aliphatic heterocycles. The first-order valence-electron chi connectivity index (χ1n) is 10.9. The van der Waals surface area contributed by atoms with Crippen LogP contribution in [0.4, 0.5) is 0 Å². The number of rotatable bonds is 7. The number of halogens is 1. The van der Waals surface area contributed by atoms with E-state index in [2.05, 4.69) is 44.8 Å². The fourth-order valence-corrected chi connectivity index (χ4v) is 4.15. The third-order valence-corrected chi connectivity index (χ3v) is 5.57. The van der Waals surface area contributed by atoms with Crippen molar-refractivity contribution >= 4 is 29.9 Å². The molecule has 2 N–H and O–H groups in total. The minimum Gasteiger partial charge on any atom is -0.494 e. The Morgan fingerprint density at radius 3 is 2.97 bits per heavy atom. The smallest absolute Gasteiger partial charge is 0.191 e. The summed E-state index contributed by atoms with van der Waals surface area (Å²) >= 11 is 0. The van der Waals surface area contributed by atoms with Gasteiger partial charge < -0.3 is 24.8 Å². The maximum absolute atomic E-state index is 5.93. The summed E-state index contributed by atoms with van der Waals surface area (Å²) in [5, 5.41) is 11.5. The van der Waals surface area contributed by atoms with Gasteiger partial charge in [0.25, 0.3) is 0 Å². The van der Waals surface area contributed by atoms with Crippen LogP contribution in [0, 0.1) is 0 Å². The molecule has 3 heterocycles. The van der Waals surface area contributed by atoms with E-state index in [9.17, 15) is 0 Å². The number of guanidine groups is 1. The SMILES string of the molecule is CCOc1cc2c(cc1CNC(=NC)NC1CCc3nc(COC)nn3C1)OC(C)C2.I. The molecule has 1 aromatic heterocycles. The summed E-state index contributed by atoms with van der Waals surface area (Å²) in [6.07, 6.45) is 2.98. The molecule has 2 aliphatic rings. The summed E-state index contributed by atoms with van der Waals surface area (Å²) in [5.74, 6) is 4.35. The van der Waals surface area contributed by atoms with Crippen molar-refractivity contribution in [3.63, 3.8) is 0 Å². The maximum atomic E-state index is 5.93. The van der Waals surface area contributed by atoms with Crippen LogP contribution in [0.5, 0.6) is 11.5 Å². The van der Waals surface area contributed by atoms with E-state index in [4.69, 9.17) is 14.2 Å². The number of methoxy groups -OCH3 is 1. The molecule has 0 bridgehead atoms. The first kappa shape index (κ1) is 24.6. The van der Waals surface area contributed by atoms with Crippen LogP contribution >= 0.6 is 24.0 Å². The van der Waals surface area contributed by atoms with Crippen LogP contribution in [0.3, 0.4) is 0 Å². The number of fused-ring (bicyclic) bond motifs is 2. The molecule has 0 saturated heterocycles. The van der Waals surface area contributed by atoms with Crippen LogP contribution in [0.2, 0.25) is 0 Å². The molecule has 0 aliphatic carbocycles. The van der Waals surface area contributed by atoms with E-state index in [0.29, 0.717) is 19.8 Å². The van der Waals surface area contributed by atoms with E-state index < -0.39 is 0 Å². The minimum atomic E-state index is 0. The lowest BCUT2D eigenvalue weighted by molar-refractivity contribution is 0.177. The number of hydrogen-bond acceptors (Lipinski definition) is 6. The van der Waals surface area contributed by atoms with Crippen LogP contribution in [0.1, 0.15) is 43.0 Å². The fourth-order valence-electron chi connectivity index (χ4n) is 4.15. The molecular formula is C22H33IN6O3. The minimum absolute atomic E-state index is 0. The number of hydrogen-bond donors (Lipinski definition) is 2. The topological polar surface area (TPSA) is 94.8 Å². The van der Waals surface area contributed by atoms with Gasteiger partial charge in [0.2, 0.25) is 0 Å². The van der Waals surface area contributed by atoms with Crippen molar-refractivity contribution < 1.29 is 14.2 Å². The van der Waals surface area contributed by atoms with Gasteiger partial charge in [0, 0.05) is 50.7 Å². The summed E-state index contributed by atoms with van der Waals surface area (Å²) in [7, 11) is 3.44. The molecule has 2 unspecified atom stereocenters. The van der Waals surface area contributed by atoms with E-state index in [1.807, 2.05) is 11.6 Å². The fraction of sp³-hybridized carbons (Fsp3) is 0.591. The van der Waals surface area contributed by atoms with Gasteiger partial charge in [-0.2, -0.15) is 5.10 Å². The van der Waals surface area contributed by atoms with E-state index in [1.54, 1.807) is 14.2 Å². The first-order chi connectivity index (χ1) is 15.1. The number of aromatic nitrogens is 3. The van der Waals surface area contributed by atoms with Crippen molar-refractivity contribution in [2.45, 2.75) is 65.0 Å². The van der Waals surface area contributed by atoms with Crippen molar-refractivity contribution in [2.24, 2.45) is 4.99 Å². The molecule has 9 nitrogen and oxygen atoms in total. The lowest BCUT2D eigenvalue weighted by atomic mass is 10.1. The molecule has 0 spiro atoms. The van der Waals surface area contributed by atoms with Gasteiger partial charge in [0.15, 0.2) is 11.8 Å². The van der Waals surface area contributed by atoms with Gasteiger partial charge in [-0.1, -0.05) is 0 Å². The van der Waals surface area contributed by atoms with E-state index in [-0.39, 0.29) is 36.1 Å². The summed E-state index contributed by atoms with van der Waals surface area (Å²) < 4.78 is 18.9. The lowest BCUT2D eigenvalue weighted by Crippen LogP contribution is -2.46. The molecule has 0 amide bonds. The van der Waals surface area contributed by atoms with Crippen molar-refractivity contribution in [3.8, 4) is 11.5 Å². The monoisotopic (exact) mass is 556 g/mol. The molecule has 0 fully saturated rings. The zero-order chi connectivity index (χ0) is 21.8. The van der Waals surface area contributed by atoms with Gasteiger partial charge in [0.05, 0.1) is 13.2 Å². The Morgan fingerprint density at radius 1 is 1.38 bits per heavy atom. The number of aliphatic imine (C=N–C) groups is 1. The van der Waals surface area contributed by atoms with Crippen molar-refractivity contribution in [1.82, 2.24) is 25.4 Å². The second kappa shape index (κ2) is 11.2. The maximum Gasteiger partial charge on any atom is 0.191 e. The molecular weight excluding hydrogens is 523 g/mol. The molecule has 4 rings (SSSR count). The third-order valence-electron chi connectivity index (χ3n) is 5.57. The summed E-state index contributed by atoms with van der Waals surface area (Å²) in [5.41, 5.74) is 2.27. The van der Waals surface area contributed by atoms with Crippen LogP contribution in [-0.4, -0.2) is 53.6 Å². The van der Waals surface area contributed by atoms with Crippen LogP contribution in [0.25, 0.3) is 0 Å². The van der Waals surface area contributed by atoms with Gasteiger partial charge in [-0.05, 0) is 32.4 Å². The van der Waals surface area contributed by atoms with Crippen molar-refractivity contribution in [3.05, 3.63) is 34.9 Å². The highest BCUT2D eigenvalue weighted by Gasteiger charge is 2.24. The molecule has 2 aromatic rings. The number of nitrogens with zero attached hydrogens (tertiary/aromatic N) is 4. The standard InChI is InChI=1S/C22H32N6O3.HI/c1-5-30-18-9-15-8-14(2)31-19(15)10-16(18)11-24-22(23-3)25-17-6-7-21-26-20(13-29-4)27-28(21)12-17;/h9-10,14,17H,5-8,11-13H2,1-4H3,(H2,23,24,25);1H. The average Bonchev–Trinajstić information content (AvgIpc) is 3.32. The van der Waals surface area contributed by atoms with Gasteiger partial charge in [-0.25, -0.2) is 9.67 Å². The lowest BCUT2D eigenvalue weighted by Gasteiger charge is -2.25. The summed E-state index contributed by atoms with van der Waals surface area (Å²) in [4.78, 5) is 8.94. The summed E-state index contributed by atoms with van der Waals surface area (Å²) in [6.45, 7) is 6.51. The van der Waals surface area contributed by atoms with Gasteiger partial charge in [-0.3, -0.25) is 4.99 Å². The Morgan fingerprint density at radius 2 is 2.22 bits per heavy atom. The van der Waals surface area contributed by atoms with Gasteiger partial charge in [-0.15, -0.1) is 24.0 Å². The highest BCUT2D eigenvalue weighted by molar-refractivity contribution is 14.0. The predicted octanol–water partition coefficient (Wildman–Crippen LogP) is 2.44. The van der Waals surface area contributed by atoms with Crippen LogP contribution < -0.4 is 20.1 Å². The first-order valence-corrected chi connectivity index (χ1v) is 10.9. The number of nitrogens with one attached hydrogen (secondary N) is 2. The molecule has 10 heteroatoms. The quantitative estimate of drug-likeness (QED) is 0.308. The Kier molecular flexibility index (Phi) is 8.57. The van der Waals surface area contributed by atoms with Gasteiger partial charge in [0.1, 0.15) is 30.0 Å². The van der Waals surface area contributed by atoms with Crippen molar-refractivity contribution in [1.29, 1.82) is 0 Å². The largest absolute Gasteiger partial charge is 0.494 e. The number of ether oxygens (including phenoxy) is 3. The molecule has 176 valence electrons. The zero-order valence-corrected chi connectivity index (χ0v) is 21.5. The Hall–Kier alpha value is -2.08. The highest BCUT2D eigenvalue weighted by atomic mass is 127. The van der Waals surface area contributed by atoms with Crippen molar-refractivity contribution in [2.75, 3.05) is 20.8 Å². The molecule has 0 radical (unpaired) electrons. The van der Waals surface area contributed by atoms with Gasteiger partial charge >= 0.3 is 0 Å². The second-order valence-corrected chi connectivity index (χ2v) is 8.00. The molecule has 2 atom stereocenters. The normalized spacial score (nSPS) is 19.4. The third kappa shape index (κ3) is 5.64. The van der Waals surface area contributed by atoms with Crippen LogP contribution in [0.15, 0.2) is 17.1 Å². The Bertz CT molecular complexity index is 948. The Balaban J connectivity index is 0.00000289. The molecule has 1 aromatic carbocycles. The van der Waals surface area contributed by atoms with E-state index >= 15 is 0 Å². The predicted molar refractivity (Wildman–Crippen MR) is 133 cm³/mol. The average molecular weight is 556 g/mol. The highest BCUT2D eigenvalue weighted by Crippen LogP contribution is 2.35. The van der Waals surface area contributed by atoms with Crippen LogP contribution in [-0.2, 0) is 37.3 Å². The number of benzene rings is 1. The number of aryl methyl sites for hydroxylation is 1. The van der Waals surface area contributed by atoms with E-state index in [0.717, 1.165) is 60.5 Å².